The average Bonchev–Trinajstić information content (AvgIpc) is 3.18. The summed E-state index contributed by atoms with van der Waals surface area (Å²) in [6, 6.07) is 16.2. The van der Waals surface area contributed by atoms with E-state index in [-0.39, 0.29) is 0 Å². The molecule has 6 heteroatoms. The lowest BCUT2D eigenvalue weighted by Crippen LogP contribution is -2.12. The summed E-state index contributed by atoms with van der Waals surface area (Å²) in [5.74, 6) is 2.43. The smallest absolute Gasteiger partial charge is 0.197 e. The van der Waals surface area contributed by atoms with E-state index in [2.05, 4.69) is 38.9 Å². The summed E-state index contributed by atoms with van der Waals surface area (Å²) in [6.07, 6.45) is 6.26. The van der Waals surface area contributed by atoms with Crippen molar-refractivity contribution in [1.82, 2.24) is 19.6 Å². The van der Waals surface area contributed by atoms with Gasteiger partial charge in [0.05, 0.1) is 5.52 Å². The van der Waals surface area contributed by atoms with E-state index in [9.17, 15) is 0 Å². The van der Waals surface area contributed by atoms with Crippen molar-refractivity contribution in [2.75, 3.05) is 0 Å². The Bertz CT molecular complexity index is 1120. The first kappa shape index (κ1) is 18.0. The highest BCUT2D eigenvalue weighted by molar-refractivity contribution is 7.98. The number of benzene rings is 2. The molecule has 0 spiro atoms. The standard InChI is InChI=1S/C22H21ClN4S/c23-17-12-10-15(11-13-17)14-28-22-26-25-21-18-8-4-5-9-19(18)24-20(27(21)22)16-6-2-1-3-7-16/h4-5,8-13,16H,1-3,6-7,14H2. The van der Waals surface area contributed by atoms with Crippen LogP contribution in [-0.4, -0.2) is 19.6 Å². The molecule has 5 rings (SSSR count). The lowest BCUT2D eigenvalue weighted by atomic mass is 9.88. The first-order valence-corrected chi connectivity index (χ1v) is 11.2. The van der Waals surface area contributed by atoms with Gasteiger partial charge in [0.15, 0.2) is 10.8 Å². The normalized spacial score (nSPS) is 15.5. The zero-order chi connectivity index (χ0) is 18.9. The quantitative estimate of drug-likeness (QED) is 0.373. The minimum Gasteiger partial charge on any atom is -0.257 e. The van der Waals surface area contributed by atoms with Crippen molar-refractivity contribution in [1.29, 1.82) is 0 Å². The van der Waals surface area contributed by atoms with Crippen LogP contribution in [0.25, 0.3) is 16.6 Å². The topological polar surface area (TPSA) is 43.1 Å². The van der Waals surface area contributed by atoms with Crippen LogP contribution in [0.3, 0.4) is 0 Å². The average molecular weight is 409 g/mol. The summed E-state index contributed by atoms with van der Waals surface area (Å²) in [4.78, 5) is 5.08. The first-order valence-electron chi connectivity index (χ1n) is 9.80. The highest BCUT2D eigenvalue weighted by Gasteiger charge is 2.23. The molecule has 2 aromatic heterocycles. The predicted molar refractivity (Wildman–Crippen MR) is 115 cm³/mol. The SMILES string of the molecule is Clc1ccc(CSc2nnc3c4ccccc4nc(C4CCCCC4)n23)cc1. The zero-order valence-electron chi connectivity index (χ0n) is 15.5. The van der Waals surface area contributed by atoms with Crippen LogP contribution in [0.1, 0.15) is 49.4 Å². The van der Waals surface area contributed by atoms with Crippen LogP contribution in [0.5, 0.6) is 0 Å². The Morgan fingerprint density at radius 1 is 0.964 bits per heavy atom. The van der Waals surface area contributed by atoms with Crippen LogP contribution in [0, 0.1) is 0 Å². The Kier molecular flexibility index (Phi) is 4.95. The number of fused-ring (bicyclic) bond motifs is 3. The fourth-order valence-electron chi connectivity index (χ4n) is 4.04. The number of thioether (sulfide) groups is 1. The summed E-state index contributed by atoms with van der Waals surface area (Å²) < 4.78 is 2.21. The third-order valence-electron chi connectivity index (χ3n) is 5.49. The second-order valence-corrected chi connectivity index (χ2v) is 8.76. The largest absolute Gasteiger partial charge is 0.257 e. The number of hydrogen-bond acceptors (Lipinski definition) is 4. The van der Waals surface area contributed by atoms with Gasteiger partial charge in [0, 0.05) is 22.1 Å². The molecule has 2 aromatic carbocycles. The van der Waals surface area contributed by atoms with E-state index in [0.29, 0.717) is 5.92 Å². The monoisotopic (exact) mass is 408 g/mol. The van der Waals surface area contributed by atoms with Crippen molar-refractivity contribution >= 4 is 39.9 Å². The molecule has 0 N–H and O–H groups in total. The van der Waals surface area contributed by atoms with Gasteiger partial charge in [0.1, 0.15) is 5.82 Å². The minimum atomic E-state index is 0.478. The van der Waals surface area contributed by atoms with E-state index in [1.54, 1.807) is 11.8 Å². The molecule has 0 saturated heterocycles. The molecule has 1 aliphatic rings. The van der Waals surface area contributed by atoms with Crippen LogP contribution in [0.2, 0.25) is 5.02 Å². The highest BCUT2D eigenvalue weighted by Crippen LogP contribution is 2.35. The van der Waals surface area contributed by atoms with Crippen LogP contribution in [-0.2, 0) is 5.75 Å². The lowest BCUT2D eigenvalue weighted by Gasteiger charge is -2.22. The van der Waals surface area contributed by atoms with E-state index in [0.717, 1.165) is 38.3 Å². The summed E-state index contributed by atoms with van der Waals surface area (Å²) in [7, 11) is 0. The van der Waals surface area contributed by atoms with Gasteiger partial charge in [-0.05, 0) is 42.7 Å². The third kappa shape index (κ3) is 3.38. The molecule has 142 valence electrons. The van der Waals surface area contributed by atoms with Gasteiger partial charge in [0.2, 0.25) is 0 Å². The van der Waals surface area contributed by atoms with E-state index < -0.39 is 0 Å². The molecule has 1 aliphatic carbocycles. The van der Waals surface area contributed by atoms with Crippen molar-refractivity contribution in [3.63, 3.8) is 0 Å². The van der Waals surface area contributed by atoms with Gasteiger partial charge in [-0.1, -0.05) is 66.9 Å². The number of rotatable bonds is 4. The number of hydrogen-bond donors (Lipinski definition) is 0. The van der Waals surface area contributed by atoms with Gasteiger partial charge >= 0.3 is 0 Å². The van der Waals surface area contributed by atoms with Crippen LogP contribution >= 0.6 is 23.4 Å². The van der Waals surface area contributed by atoms with Gasteiger partial charge in [-0.15, -0.1) is 10.2 Å². The summed E-state index contributed by atoms with van der Waals surface area (Å²) in [6.45, 7) is 0. The molecule has 0 unspecified atom stereocenters. The molecule has 1 fully saturated rings. The number of aromatic nitrogens is 4. The molecule has 1 saturated carbocycles. The van der Waals surface area contributed by atoms with Crippen molar-refractivity contribution in [3.8, 4) is 0 Å². The predicted octanol–water partition coefficient (Wildman–Crippen LogP) is 6.27. The minimum absolute atomic E-state index is 0.478. The van der Waals surface area contributed by atoms with Crippen molar-refractivity contribution in [3.05, 3.63) is 64.9 Å². The molecular weight excluding hydrogens is 388 g/mol. The molecule has 0 radical (unpaired) electrons. The molecule has 0 amide bonds. The fourth-order valence-corrected chi connectivity index (χ4v) is 5.06. The second kappa shape index (κ2) is 7.72. The highest BCUT2D eigenvalue weighted by atomic mass is 35.5. The van der Waals surface area contributed by atoms with E-state index in [4.69, 9.17) is 16.6 Å². The molecule has 0 aliphatic heterocycles. The van der Waals surface area contributed by atoms with Crippen molar-refractivity contribution in [2.45, 2.75) is 48.9 Å². The molecule has 28 heavy (non-hydrogen) atoms. The zero-order valence-corrected chi connectivity index (χ0v) is 17.1. The number of halogens is 1. The van der Waals surface area contributed by atoms with Crippen molar-refractivity contribution < 1.29 is 0 Å². The van der Waals surface area contributed by atoms with Gasteiger partial charge in [-0.2, -0.15) is 0 Å². The maximum Gasteiger partial charge on any atom is 0.197 e. The maximum absolute atomic E-state index is 6.01. The van der Waals surface area contributed by atoms with Gasteiger partial charge < -0.3 is 0 Å². The maximum atomic E-state index is 6.01. The summed E-state index contributed by atoms with van der Waals surface area (Å²) in [5, 5.41) is 11.8. The first-order chi connectivity index (χ1) is 13.8. The van der Waals surface area contributed by atoms with Crippen LogP contribution < -0.4 is 0 Å². The molecule has 0 bridgehead atoms. The van der Waals surface area contributed by atoms with Gasteiger partial charge in [-0.25, -0.2) is 4.98 Å². The molecular formula is C22H21ClN4S. The Morgan fingerprint density at radius 3 is 2.57 bits per heavy atom. The second-order valence-electron chi connectivity index (χ2n) is 7.38. The molecule has 0 atom stereocenters. The number of para-hydroxylation sites is 1. The Labute approximate surface area is 173 Å². The van der Waals surface area contributed by atoms with Gasteiger partial charge in [-0.3, -0.25) is 4.40 Å². The van der Waals surface area contributed by atoms with Gasteiger partial charge in [0.25, 0.3) is 0 Å². The summed E-state index contributed by atoms with van der Waals surface area (Å²) in [5.41, 5.74) is 3.15. The third-order valence-corrected chi connectivity index (χ3v) is 6.75. The molecule has 4 aromatic rings. The van der Waals surface area contributed by atoms with Crippen molar-refractivity contribution in [2.24, 2.45) is 0 Å². The van der Waals surface area contributed by atoms with Crippen LogP contribution in [0.4, 0.5) is 0 Å². The molecule has 4 nitrogen and oxygen atoms in total. The lowest BCUT2D eigenvalue weighted by molar-refractivity contribution is 0.424. The van der Waals surface area contributed by atoms with E-state index in [1.165, 1.54) is 37.7 Å². The summed E-state index contributed by atoms with van der Waals surface area (Å²) >= 11 is 7.72. The van der Waals surface area contributed by atoms with E-state index in [1.807, 2.05) is 24.3 Å². The number of nitrogens with zero attached hydrogens (tertiary/aromatic N) is 4. The molecule has 2 heterocycles. The van der Waals surface area contributed by atoms with Crippen LogP contribution in [0.15, 0.2) is 53.7 Å². The Morgan fingerprint density at radius 2 is 1.75 bits per heavy atom. The Hall–Kier alpha value is -2.11. The van der Waals surface area contributed by atoms with E-state index >= 15 is 0 Å². The Balaban J connectivity index is 1.59. The fraction of sp³-hybridized carbons (Fsp3) is 0.318.